The second kappa shape index (κ2) is 5.83. The Hall–Kier alpha value is -1.22. The molecule has 0 radical (unpaired) electrons. The number of halogens is 3. The first-order chi connectivity index (χ1) is 8.99. The molecule has 0 amide bonds. The van der Waals surface area contributed by atoms with Gasteiger partial charge < -0.3 is 0 Å². The summed E-state index contributed by atoms with van der Waals surface area (Å²) in [5.41, 5.74) is 3.90. The summed E-state index contributed by atoms with van der Waals surface area (Å²) in [6, 6.07) is 10.4. The van der Waals surface area contributed by atoms with Gasteiger partial charge in [0.05, 0.1) is 0 Å². The molecule has 0 aliphatic rings. The highest BCUT2D eigenvalue weighted by Crippen LogP contribution is 2.30. The third kappa shape index (κ3) is 3.21. The van der Waals surface area contributed by atoms with Crippen molar-refractivity contribution in [1.82, 2.24) is 0 Å². The van der Waals surface area contributed by atoms with Crippen LogP contribution < -0.4 is 0 Å². The number of hydrogen-bond acceptors (Lipinski definition) is 0. The Balaban J connectivity index is 2.23. The monoisotopic (exact) mass is 324 g/mol. The fourth-order valence-electron chi connectivity index (χ4n) is 2.01. The molecule has 0 saturated carbocycles. The summed E-state index contributed by atoms with van der Waals surface area (Å²) in [5.74, 6) is -1.57. The summed E-state index contributed by atoms with van der Waals surface area (Å²) in [6.45, 7) is 4.10. The van der Waals surface area contributed by atoms with E-state index in [4.69, 9.17) is 0 Å². The van der Waals surface area contributed by atoms with E-state index in [0.717, 1.165) is 11.6 Å². The normalized spacial score (nSPS) is 12.5. The number of hydrogen-bond donors (Lipinski definition) is 0. The predicted octanol–water partition coefficient (Wildman–Crippen LogP) is 5.26. The molecule has 0 saturated heterocycles. The Bertz CT molecular complexity index is 593. The Morgan fingerprint density at radius 1 is 1.05 bits per heavy atom. The standard InChI is InChI=1S/C16H15BrF2/c1-10-6-7-12(8-11(10)2)9-14(17)13-4-3-5-15(18)16(13)19/h3-8,14H,9H2,1-2H3. The van der Waals surface area contributed by atoms with Gasteiger partial charge in [0.2, 0.25) is 0 Å². The van der Waals surface area contributed by atoms with E-state index in [0.29, 0.717) is 12.0 Å². The fourth-order valence-corrected chi connectivity index (χ4v) is 2.74. The van der Waals surface area contributed by atoms with Crippen LogP contribution in [0.25, 0.3) is 0 Å². The molecular formula is C16H15BrF2. The molecule has 3 heteroatoms. The van der Waals surface area contributed by atoms with E-state index in [1.165, 1.54) is 17.2 Å². The van der Waals surface area contributed by atoms with Gasteiger partial charge in [0.25, 0.3) is 0 Å². The molecule has 1 atom stereocenters. The van der Waals surface area contributed by atoms with E-state index in [2.05, 4.69) is 28.9 Å². The van der Waals surface area contributed by atoms with Crippen molar-refractivity contribution in [1.29, 1.82) is 0 Å². The average molecular weight is 325 g/mol. The number of rotatable bonds is 3. The maximum atomic E-state index is 13.7. The lowest BCUT2D eigenvalue weighted by atomic mass is 10.00. The predicted molar refractivity (Wildman–Crippen MR) is 77.6 cm³/mol. The number of alkyl halides is 1. The summed E-state index contributed by atoms with van der Waals surface area (Å²) in [7, 11) is 0. The van der Waals surface area contributed by atoms with Crippen LogP contribution in [0.15, 0.2) is 36.4 Å². The highest BCUT2D eigenvalue weighted by molar-refractivity contribution is 9.09. The lowest BCUT2D eigenvalue weighted by Crippen LogP contribution is -2.01. The van der Waals surface area contributed by atoms with Crippen LogP contribution in [-0.2, 0) is 6.42 Å². The minimum Gasteiger partial charge on any atom is -0.204 e. The zero-order valence-electron chi connectivity index (χ0n) is 10.9. The molecule has 0 heterocycles. The third-order valence-electron chi connectivity index (χ3n) is 3.31. The molecular weight excluding hydrogens is 310 g/mol. The van der Waals surface area contributed by atoms with Crippen molar-refractivity contribution in [2.45, 2.75) is 25.1 Å². The molecule has 1 unspecified atom stereocenters. The smallest absolute Gasteiger partial charge is 0.163 e. The molecule has 100 valence electrons. The topological polar surface area (TPSA) is 0 Å². The van der Waals surface area contributed by atoms with Gasteiger partial charge in [-0.05, 0) is 43.0 Å². The van der Waals surface area contributed by atoms with Crippen LogP contribution >= 0.6 is 15.9 Å². The van der Waals surface area contributed by atoms with Crippen LogP contribution in [0.2, 0.25) is 0 Å². The van der Waals surface area contributed by atoms with Crippen molar-refractivity contribution >= 4 is 15.9 Å². The van der Waals surface area contributed by atoms with E-state index >= 15 is 0 Å². The summed E-state index contributed by atoms with van der Waals surface area (Å²) in [5, 5.41) is 0. The van der Waals surface area contributed by atoms with Crippen LogP contribution in [0.3, 0.4) is 0 Å². The SMILES string of the molecule is Cc1ccc(CC(Br)c2cccc(F)c2F)cc1C. The Kier molecular flexibility index (Phi) is 4.35. The molecule has 0 aliphatic carbocycles. The van der Waals surface area contributed by atoms with Gasteiger partial charge in [-0.3, -0.25) is 0 Å². The zero-order valence-corrected chi connectivity index (χ0v) is 12.5. The Morgan fingerprint density at radius 2 is 1.79 bits per heavy atom. The van der Waals surface area contributed by atoms with Crippen molar-refractivity contribution < 1.29 is 8.78 Å². The quantitative estimate of drug-likeness (QED) is 0.675. The molecule has 0 aromatic heterocycles. The highest BCUT2D eigenvalue weighted by Gasteiger charge is 2.16. The van der Waals surface area contributed by atoms with Crippen LogP contribution in [-0.4, -0.2) is 0 Å². The molecule has 2 rings (SSSR count). The molecule has 0 spiro atoms. The maximum absolute atomic E-state index is 13.7. The summed E-state index contributed by atoms with van der Waals surface area (Å²) < 4.78 is 26.9. The molecule has 0 fully saturated rings. The Morgan fingerprint density at radius 3 is 2.47 bits per heavy atom. The number of aryl methyl sites for hydroxylation is 2. The minimum absolute atomic E-state index is 0.231. The van der Waals surface area contributed by atoms with Gasteiger partial charge in [-0.25, -0.2) is 8.78 Å². The minimum atomic E-state index is -0.804. The highest BCUT2D eigenvalue weighted by atomic mass is 79.9. The average Bonchev–Trinajstić information content (AvgIpc) is 2.37. The first-order valence-corrected chi connectivity index (χ1v) is 7.04. The van der Waals surface area contributed by atoms with Gasteiger partial charge in [0.1, 0.15) is 0 Å². The first-order valence-electron chi connectivity index (χ1n) is 6.13. The molecule has 0 aliphatic heterocycles. The lowest BCUT2D eigenvalue weighted by Gasteiger charge is -2.13. The molecule has 2 aromatic rings. The van der Waals surface area contributed by atoms with E-state index < -0.39 is 11.6 Å². The van der Waals surface area contributed by atoms with Crippen molar-refractivity contribution in [2.24, 2.45) is 0 Å². The summed E-state index contributed by atoms with van der Waals surface area (Å²) in [4.78, 5) is -0.231. The number of benzene rings is 2. The second-order valence-corrected chi connectivity index (χ2v) is 5.84. The molecule has 19 heavy (non-hydrogen) atoms. The van der Waals surface area contributed by atoms with Crippen molar-refractivity contribution in [3.8, 4) is 0 Å². The third-order valence-corrected chi connectivity index (χ3v) is 4.12. The van der Waals surface area contributed by atoms with Gasteiger partial charge in [-0.2, -0.15) is 0 Å². The van der Waals surface area contributed by atoms with Crippen LogP contribution in [0.5, 0.6) is 0 Å². The molecule has 0 bridgehead atoms. The van der Waals surface area contributed by atoms with E-state index in [1.807, 2.05) is 19.1 Å². The van der Waals surface area contributed by atoms with E-state index in [9.17, 15) is 8.78 Å². The van der Waals surface area contributed by atoms with Crippen molar-refractivity contribution in [3.05, 3.63) is 70.3 Å². The second-order valence-electron chi connectivity index (χ2n) is 4.73. The largest absolute Gasteiger partial charge is 0.204 e. The van der Waals surface area contributed by atoms with Gasteiger partial charge in [-0.1, -0.05) is 46.3 Å². The molecule has 0 N–H and O–H groups in total. The van der Waals surface area contributed by atoms with Gasteiger partial charge in [0.15, 0.2) is 11.6 Å². The van der Waals surface area contributed by atoms with Gasteiger partial charge >= 0.3 is 0 Å². The van der Waals surface area contributed by atoms with Gasteiger partial charge in [0, 0.05) is 10.4 Å². The maximum Gasteiger partial charge on any atom is 0.163 e. The molecule has 2 aromatic carbocycles. The molecule has 0 nitrogen and oxygen atoms in total. The Labute approximate surface area is 120 Å². The lowest BCUT2D eigenvalue weighted by molar-refractivity contribution is 0.498. The van der Waals surface area contributed by atoms with Crippen LogP contribution in [0.1, 0.15) is 27.1 Å². The first kappa shape index (κ1) is 14.2. The fraction of sp³-hybridized carbons (Fsp3) is 0.250. The van der Waals surface area contributed by atoms with Crippen LogP contribution in [0, 0.1) is 25.5 Å². The zero-order chi connectivity index (χ0) is 14.0. The van der Waals surface area contributed by atoms with Gasteiger partial charge in [-0.15, -0.1) is 0 Å². The van der Waals surface area contributed by atoms with Crippen molar-refractivity contribution in [2.75, 3.05) is 0 Å². The van der Waals surface area contributed by atoms with E-state index in [1.54, 1.807) is 6.07 Å². The summed E-state index contributed by atoms with van der Waals surface area (Å²) >= 11 is 3.44. The van der Waals surface area contributed by atoms with E-state index in [-0.39, 0.29) is 4.83 Å². The summed E-state index contributed by atoms with van der Waals surface area (Å²) in [6.07, 6.45) is 0.626. The van der Waals surface area contributed by atoms with Crippen molar-refractivity contribution in [3.63, 3.8) is 0 Å². The van der Waals surface area contributed by atoms with Crippen LogP contribution in [0.4, 0.5) is 8.78 Å².